The van der Waals surface area contributed by atoms with E-state index >= 15 is 0 Å². The van der Waals surface area contributed by atoms with Gasteiger partial charge in [-0.15, -0.1) is 11.3 Å². The van der Waals surface area contributed by atoms with Crippen molar-refractivity contribution in [1.29, 1.82) is 0 Å². The SMILES string of the molecule is Cc1sc(NC(=O)C2CC(=O)N(c3ccccc3)C2)nc1-c1ccc(Cl)cc1. The van der Waals surface area contributed by atoms with Crippen molar-refractivity contribution in [3.63, 3.8) is 0 Å². The molecule has 2 amide bonds. The number of para-hydroxylation sites is 1. The van der Waals surface area contributed by atoms with Crippen LogP contribution in [0, 0.1) is 12.8 Å². The van der Waals surface area contributed by atoms with Crippen LogP contribution in [0.2, 0.25) is 5.02 Å². The van der Waals surface area contributed by atoms with E-state index in [4.69, 9.17) is 11.6 Å². The highest BCUT2D eigenvalue weighted by Crippen LogP contribution is 2.32. The van der Waals surface area contributed by atoms with Gasteiger partial charge in [0.1, 0.15) is 0 Å². The van der Waals surface area contributed by atoms with Crippen molar-refractivity contribution >= 4 is 45.6 Å². The number of carbonyl (C=O) groups excluding carboxylic acids is 2. The summed E-state index contributed by atoms with van der Waals surface area (Å²) >= 11 is 7.37. The summed E-state index contributed by atoms with van der Waals surface area (Å²) in [5, 5.41) is 4.09. The number of thiazole rings is 1. The highest BCUT2D eigenvalue weighted by Gasteiger charge is 2.35. The van der Waals surface area contributed by atoms with Gasteiger partial charge in [-0.3, -0.25) is 9.59 Å². The number of rotatable bonds is 4. The Bertz CT molecular complexity index is 1020. The summed E-state index contributed by atoms with van der Waals surface area (Å²) in [4.78, 5) is 32.3. The van der Waals surface area contributed by atoms with E-state index in [0.717, 1.165) is 21.8 Å². The molecule has 1 atom stereocenters. The number of hydrogen-bond donors (Lipinski definition) is 1. The summed E-state index contributed by atoms with van der Waals surface area (Å²) in [5.41, 5.74) is 2.59. The topological polar surface area (TPSA) is 62.3 Å². The monoisotopic (exact) mass is 411 g/mol. The maximum absolute atomic E-state index is 12.7. The maximum atomic E-state index is 12.7. The van der Waals surface area contributed by atoms with Crippen molar-refractivity contribution in [1.82, 2.24) is 4.98 Å². The summed E-state index contributed by atoms with van der Waals surface area (Å²) in [6.45, 7) is 2.34. The minimum atomic E-state index is -0.393. The molecular formula is C21H18ClN3O2S. The molecule has 7 heteroatoms. The fourth-order valence-corrected chi connectivity index (χ4v) is 4.24. The van der Waals surface area contributed by atoms with Crippen LogP contribution in [0.3, 0.4) is 0 Å². The van der Waals surface area contributed by atoms with Gasteiger partial charge in [0.05, 0.1) is 11.6 Å². The molecule has 5 nitrogen and oxygen atoms in total. The molecule has 1 N–H and O–H groups in total. The molecule has 1 saturated heterocycles. The molecule has 2 aromatic carbocycles. The summed E-state index contributed by atoms with van der Waals surface area (Å²) in [7, 11) is 0. The number of nitrogens with zero attached hydrogens (tertiary/aromatic N) is 2. The van der Waals surface area contributed by atoms with E-state index in [9.17, 15) is 9.59 Å². The second kappa shape index (κ2) is 7.73. The molecule has 0 aliphatic carbocycles. The third-order valence-electron chi connectivity index (χ3n) is 4.71. The Morgan fingerprint density at radius 2 is 1.89 bits per heavy atom. The van der Waals surface area contributed by atoms with Crippen LogP contribution in [0.5, 0.6) is 0 Å². The van der Waals surface area contributed by atoms with Crippen molar-refractivity contribution in [3.8, 4) is 11.3 Å². The quantitative estimate of drug-likeness (QED) is 0.673. The summed E-state index contributed by atoms with van der Waals surface area (Å²) < 4.78 is 0. The number of aryl methyl sites for hydroxylation is 1. The van der Waals surface area contributed by atoms with Crippen LogP contribution in [0.1, 0.15) is 11.3 Å². The summed E-state index contributed by atoms with van der Waals surface area (Å²) in [6, 6.07) is 16.9. The van der Waals surface area contributed by atoms with Gasteiger partial charge in [0, 0.05) is 34.1 Å². The van der Waals surface area contributed by atoms with E-state index in [1.807, 2.05) is 61.5 Å². The van der Waals surface area contributed by atoms with Gasteiger partial charge in [0.25, 0.3) is 0 Å². The number of amides is 2. The van der Waals surface area contributed by atoms with Gasteiger partial charge >= 0.3 is 0 Å². The van der Waals surface area contributed by atoms with Gasteiger partial charge in [0.2, 0.25) is 11.8 Å². The number of nitrogens with one attached hydrogen (secondary N) is 1. The minimum absolute atomic E-state index is 0.0384. The highest BCUT2D eigenvalue weighted by molar-refractivity contribution is 7.16. The molecule has 1 aliphatic heterocycles. The number of aromatic nitrogens is 1. The molecule has 0 spiro atoms. The van der Waals surface area contributed by atoms with E-state index in [0.29, 0.717) is 16.7 Å². The lowest BCUT2D eigenvalue weighted by Gasteiger charge is -2.16. The fourth-order valence-electron chi connectivity index (χ4n) is 3.27. The third kappa shape index (κ3) is 3.79. The molecule has 142 valence electrons. The first kappa shape index (κ1) is 18.7. The molecule has 0 saturated carbocycles. The fraction of sp³-hybridized carbons (Fsp3) is 0.190. The largest absolute Gasteiger partial charge is 0.312 e. The van der Waals surface area contributed by atoms with Crippen LogP contribution in [0.15, 0.2) is 54.6 Å². The highest BCUT2D eigenvalue weighted by atomic mass is 35.5. The zero-order valence-corrected chi connectivity index (χ0v) is 16.8. The van der Waals surface area contributed by atoms with Gasteiger partial charge in [0.15, 0.2) is 5.13 Å². The Balaban J connectivity index is 1.46. The van der Waals surface area contributed by atoms with Crippen LogP contribution >= 0.6 is 22.9 Å². The molecule has 4 rings (SSSR count). The Labute approximate surface area is 172 Å². The van der Waals surface area contributed by atoms with Gasteiger partial charge in [-0.2, -0.15) is 0 Å². The van der Waals surface area contributed by atoms with E-state index in [1.54, 1.807) is 4.90 Å². The Hall–Kier alpha value is -2.70. The lowest BCUT2D eigenvalue weighted by atomic mass is 10.1. The second-order valence-corrected chi connectivity index (χ2v) is 8.30. The summed E-state index contributed by atoms with van der Waals surface area (Å²) in [5.74, 6) is -0.609. The predicted molar refractivity (Wildman–Crippen MR) is 113 cm³/mol. The maximum Gasteiger partial charge on any atom is 0.231 e. The van der Waals surface area contributed by atoms with Crippen molar-refractivity contribution < 1.29 is 9.59 Å². The lowest BCUT2D eigenvalue weighted by molar-refractivity contribution is -0.122. The average Bonchev–Trinajstić information content (AvgIpc) is 3.26. The van der Waals surface area contributed by atoms with Crippen LogP contribution in [0.25, 0.3) is 11.3 Å². The van der Waals surface area contributed by atoms with E-state index in [2.05, 4.69) is 10.3 Å². The molecule has 0 bridgehead atoms. The molecule has 0 radical (unpaired) electrons. The van der Waals surface area contributed by atoms with Crippen LogP contribution in [-0.2, 0) is 9.59 Å². The number of anilines is 2. The smallest absolute Gasteiger partial charge is 0.231 e. The number of benzene rings is 2. The van der Waals surface area contributed by atoms with Crippen LogP contribution < -0.4 is 10.2 Å². The molecule has 28 heavy (non-hydrogen) atoms. The zero-order chi connectivity index (χ0) is 19.7. The second-order valence-electron chi connectivity index (χ2n) is 6.66. The van der Waals surface area contributed by atoms with Gasteiger partial charge < -0.3 is 10.2 Å². The molecule has 1 aromatic heterocycles. The van der Waals surface area contributed by atoms with Gasteiger partial charge in [-0.25, -0.2) is 4.98 Å². The number of halogens is 1. The predicted octanol–water partition coefficient (Wildman–Crippen LogP) is 4.76. The normalized spacial score (nSPS) is 16.4. The molecule has 1 unspecified atom stereocenters. The average molecular weight is 412 g/mol. The van der Waals surface area contributed by atoms with Crippen molar-refractivity contribution in [2.24, 2.45) is 5.92 Å². The first-order valence-corrected chi connectivity index (χ1v) is 10.1. The van der Waals surface area contributed by atoms with Gasteiger partial charge in [-0.05, 0) is 31.2 Å². The molecule has 3 aromatic rings. The molecule has 1 fully saturated rings. The Morgan fingerprint density at radius 3 is 2.61 bits per heavy atom. The number of hydrogen-bond acceptors (Lipinski definition) is 4. The van der Waals surface area contributed by atoms with E-state index < -0.39 is 5.92 Å². The first-order valence-electron chi connectivity index (χ1n) is 8.91. The van der Waals surface area contributed by atoms with Crippen LogP contribution in [0.4, 0.5) is 10.8 Å². The Kier molecular flexibility index (Phi) is 5.15. The molecule has 2 heterocycles. The van der Waals surface area contributed by atoms with E-state index in [1.165, 1.54) is 11.3 Å². The van der Waals surface area contributed by atoms with Crippen LogP contribution in [-0.4, -0.2) is 23.3 Å². The van der Waals surface area contributed by atoms with Gasteiger partial charge in [-0.1, -0.05) is 41.9 Å². The first-order chi connectivity index (χ1) is 13.5. The molecular weight excluding hydrogens is 394 g/mol. The number of carbonyl (C=O) groups is 2. The summed E-state index contributed by atoms with van der Waals surface area (Å²) in [6.07, 6.45) is 0.203. The third-order valence-corrected chi connectivity index (χ3v) is 5.85. The zero-order valence-electron chi connectivity index (χ0n) is 15.2. The van der Waals surface area contributed by atoms with Crippen molar-refractivity contribution in [2.45, 2.75) is 13.3 Å². The molecule has 1 aliphatic rings. The lowest BCUT2D eigenvalue weighted by Crippen LogP contribution is -2.28. The van der Waals surface area contributed by atoms with E-state index in [-0.39, 0.29) is 18.2 Å². The minimum Gasteiger partial charge on any atom is -0.312 e. The Morgan fingerprint density at radius 1 is 1.18 bits per heavy atom. The standard InChI is InChI=1S/C21H18ClN3O2S/c1-13-19(14-7-9-16(22)10-8-14)23-21(28-13)24-20(27)15-11-18(26)25(12-15)17-5-3-2-4-6-17/h2-10,15H,11-12H2,1H3,(H,23,24,27). The van der Waals surface area contributed by atoms with Crippen molar-refractivity contribution in [3.05, 3.63) is 64.5 Å². The van der Waals surface area contributed by atoms with Crippen molar-refractivity contribution in [2.75, 3.05) is 16.8 Å².